The summed E-state index contributed by atoms with van der Waals surface area (Å²) in [5, 5.41) is 0.496. The van der Waals surface area contributed by atoms with E-state index in [1.807, 2.05) is 25.1 Å². The fourth-order valence-corrected chi connectivity index (χ4v) is 3.83. The van der Waals surface area contributed by atoms with E-state index in [-0.39, 0.29) is 5.89 Å². The van der Waals surface area contributed by atoms with E-state index in [9.17, 15) is 4.79 Å². The van der Waals surface area contributed by atoms with E-state index in [0.717, 1.165) is 37.6 Å². The Bertz CT molecular complexity index is 1160. The first-order valence-electron chi connectivity index (χ1n) is 10.0. The molecular formula is C23H24N4O3. The highest BCUT2D eigenvalue weighted by Crippen LogP contribution is 2.30. The third kappa shape index (κ3) is 3.74. The van der Waals surface area contributed by atoms with Gasteiger partial charge in [0.1, 0.15) is 11.6 Å². The van der Waals surface area contributed by atoms with Crippen molar-refractivity contribution in [1.29, 1.82) is 0 Å². The molecule has 0 amide bonds. The van der Waals surface area contributed by atoms with Gasteiger partial charge in [-0.3, -0.25) is 4.90 Å². The van der Waals surface area contributed by atoms with Gasteiger partial charge < -0.3 is 14.1 Å². The van der Waals surface area contributed by atoms with Crippen molar-refractivity contribution in [2.45, 2.75) is 13.3 Å². The highest BCUT2D eigenvalue weighted by molar-refractivity contribution is 5.84. The van der Waals surface area contributed by atoms with Crippen LogP contribution in [-0.4, -0.2) is 54.7 Å². The van der Waals surface area contributed by atoms with Crippen molar-refractivity contribution in [2.24, 2.45) is 0 Å². The molecule has 3 aromatic rings. The molecule has 30 heavy (non-hydrogen) atoms. The van der Waals surface area contributed by atoms with Gasteiger partial charge in [0.25, 0.3) is 0 Å². The van der Waals surface area contributed by atoms with Crippen molar-refractivity contribution in [3.05, 3.63) is 46.4 Å². The van der Waals surface area contributed by atoms with E-state index in [1.54, 1.807) is 19.4 Å². The monoisotopic (exact) mass is 404 g/mol. The van der Waals surface area contributed by atoms with Gasteiger partial charge in [-0.2, -0.15) is 0 Å². The molecule has 0 aliphatic carbocycles. The second kappa shape index (κ2) is 8.56. The number of aromatic nitrogens is 2. The number of hydrogen-bond donors (Lipinski definition) is 0. The largest absolute Gasteiger partial charge is 0.497 e. The van der Waals surface area contributed by atoms with Crippen LogP contribution in [0.2, 0.25) is 0 Å². The molecule has 0 spiro atoms. The Morgan fingerprint density at radius 1 is 1.27 bits per heavy atom. The number of piperazine rings is 1. The van der Waals surface area contributed by atoms with E-state index >= 15 is 0 Å². The zero-order valence-corrected chi connectivity index (χ0v) is 17.2. The van der Waals surface area contributed by atoms with Crippen LogP contribution in [-0.2, 0) is 6.42 Å². The van der Waals surface area contributed by atoms with Crippen LogP contribution in [0, 0.1) is 12.3 Å². The Morgan fingerprint density at radius 2 is 2.07 bits per heavy atom. The van der Waals surface area contributed by atoms with Gasteiger partial charge in [-0.15, -0.1) is 6.42 Å². The number of nitrogens with zero attached hydrogens (tertiary/aromatic N) is 4. The van der Waals surface area contributed by atoms with Crippen molar-refractivity contribution in [2.75, 3.05) is 44.7 Å². The number of methoxy groups -OCH3 is 1. The zero-order chi connectivity index (χ0) is 21.1. The molecule has 154 valence electrons. The molecule has 2 aromatic heterocycles. The molecule has 1 aliphatic heterocycles. The van der Waals surface area contributed by atoms with Crippen LogP contribution in [0.4, 0.5) is 5.82 Å². The van der Waals surface area contributed by atoms with Crippen molar-refractivity contribution in [3.63, 3.8) is 0 Å². The number of aryl methyl sites for hydroxylation is 1. The molecule has 0 unspecified atom stereocenters. The number of ether oxygens (including phenoxy) is 1. The average Bonchev–Trinajstić information content (AvgIpc) is 2.78. The third-order valence-electron chi connectivity index (χ3n) is 5.41. The molecular weight excluding hydrogens is 380 g/mol. The Hall–Kier alpha value is -3.37. The molecule has 0 bridgehead atoms. The number of anilines is 1. The Morgan fingerprint density at radius 3 is 2.77 bits per heavy atom. The van der Waals surface area contributed by atoms with Crippen molar-refractivity contribution in [1.82, 2.24) is 14.9 Å². The molecule has 4 rings (SSSR count). The van der Waals surface area contributed by atoms with E-state index in [0.29, 0.717) is 35.2 Å². The van der Waals surface area contributed by atoms with Crippen LogP contribution in [0.3, 0.4) is 0 Å². The zero-order valence-electron chi connectivity index (χ0n) is 17.2. The van der Waals surface area contributed by atoms with Crippen LogP contribution in [0.5, 0.6) is 5.75 Å². The van der Waals surface area contributed by atoms with Gasteiger partial charge in [0, 0.05) is 38.4 Å². The lowest BCUT2D eigenvalue weighted by Crippen LogP contribution is -2.46. The summed E-state index contributed by atoms with van der Waals surface area (Å²) in [6.07, 6.45) is 7.85. The molecule has 1 saturated heterocycles. The summed E-state index contributed by atoms with van der Waals surface area (Å²) in [4.78, 5) is 26.5. The quantitative estimate of drug-likeness (QED) is 0.605. The Kier molecular flexibility index (Phi) is 5.68. The molecule has 0 atom stereocenters. The number of benzene rings is 1. The van der Waals surface area contributed by atoms with Gasteiger partial charge in [0.15, 0.2) is 0 Å². The second-order valence-corrected chi connectivity index (χ2v) is 7.18. The second-order valence-electron chi connectivity index (χ2n) is 7.18. The van der Waals surface area contributed by atoms with Gasteiger partial charge in [-0.05, 0) is 30.2 Å². The number of rotatable bonds is 5. The summed E-state index contributed by atoms with van der Waals surface area (Å²) in [6.45, 7) is 5.92. The SMILES string of the molecule is C#CCN1CCN(c2ncccc2-c2nc3cc(OC)cc(CC)c3c(=O)o2)CC1. The van der Waals surface area contributed by atoms with Crippen LogP contribution in [0.15, 0.2) is 39.7 Å². The Balaban J connectivity index is 1.77. The number of fused-ring (bicyclic) bond motifs is 1. The lowest BCUT2D eigenvalue weighted by molar-refractivity contribution is 0.287. The van der Waals surface area contributed by atoms with Crippen molar-refractivity contribution < 1.29 is 9.15 Å². The van der Waals surface area contributed by atoms with Crippen LogP contribution < -0.4 is 15.3 Å². The number of terminal acetylenes is 1. The van der Waals surface area contributed by atoms with Gasteiger partial charge in [-0.1, -0.05) is 12.8 Å². The minimum absolute atomic E-state index is 0.261. The molecule has 3 heterocycles. The topological polar surface area (TPSA) is 71.7 Å². The summed E-state index contributed by atoms with van der Waals surface area (Å²) in [6, 6.07) is 7.33. The van der Waals surface area contributed by atoms with E-state index in [1.165, 1.54) is 0 Å². The van der Waals surface area contributed by atoms with Crippen molar-refractivity contribution in [3.8, 4) is 29.5 Å². The highest BCUT2D eigenvalue weighted by Gasteiger charge is 2.22. The van der Waals surface area contributed by atoms with Gasteiger partial charge in [0.05, 0.1) is 30.1 Å². The highest BCUT2D eigenvalue weighted by atomic mass is 16.5. The first-order chi connectivity index (χ1) is 14.6. The third-order valence-corrected chi connectivity index (χ3v) is 5.41. The molecule has 0 radical (unpaired) electrons. The molecule has 1 aliphatic rings. The summed E-state index contributed by atoms with van der Waals surface area (Å²) >= 11 is 0. The molecule has 1 aromatic carbocycles. The van der Waals surface area contributed by atoms with E-state index in [4.69, 9.17) is 15.6 Å². The number of pyridine rings is 1. The minimum Gasteiger partial charge on any atom is -0.497 e. The van der Waals surface area contributed by atoms with Crippen LogP contribution >= 0.6 is 0 Å². The summed E-state index contributed by atoms with van der Waals surface area (Å²) in [5.41, 5.74) is 1.71. The lowest BCUT2D eigenvalue weighted by atomic mass is 10.1. The van der Waals surface area contributed by atoms with Gasteiger partial charge in [0.2, 0.25) is 5.89 Å². The summed E-state index contributed by atoms with van der Waals surface area (Å²) in [7, 11) is 1.60. The minimum atomic E-state index is -0.400. The summed E-state index contributed by atoms with van der Waals surface area (Å²) < 4.78 is 11.1. The average molecular weight is 404 g/mol. The molecule has 0 saturated carbocycles. The lowest BCUT2D eigenvalue weighted by Gasteiger charge is -2.35. The number of hydrogen-bond acceptors (Lipinski definition) is 7. The maximum absolute atomic E-state index is 12.8. The predicted octanol–water partition coefficient (Wildman–Crippen LogP) is 2.58. The first-order valence-corrected chi connectivity index (χ1v) is 10.0. The predicted molar refractivity (Wildman–Crippen MR) is 117 cm³/mol. The first kappa shape index (κ1) is 19.9. The molecule has 7 heteroatoms. The van der Waals surface area contributed by atoms with E-state index < -0.39 is 5.63 Å². The van der Waals surface area contributed by atoms with Gasteiger partial charge >= 0.3 is 5.63 Å². The standard InChI is InChI=1S/C23H24N4O3/c1-4-9-26-10-12-27(13-11-26)21-18(7-6-8-24-21)22-25-19-15-17(29-3)14-16(5-2)20(19)23(28)30-22/h1,6-8,14-15H,5,9-13H2,2-3H3. The normalized spacial score (nSPS) is 14.6. The fraction of sp³-hybridized carbons (Fsp3) is 0.348. The molecule has 0 N–H and O–H groups in total. The van der Waals surface area contributed by atoms with Crippen LogP contribution in [0.25, 0.3) is 22.4 Å². The van der Waals surface area contributed by atoms with Crippen molar-refractivity contribution >= 4 is 16.7 Å². The molecule has 7 nitrogen and oxygen atoms in total. The Labute approximate surface area is 175 Å². The summed E-state index contributed by atoms with van der Waals surface area (Å²) in [5.74, 6) is 4.38. The maximum Gasteiger partial charge on any atom is 0.347 e. The smallest absolute Gasteiger partial charge is 0.347 e. The maximum atomic E-state index is 12.8. The molecule has 1 fully saturated rings. The fourth-order valence-electron chi connectivity index (χ4n) is 3.83. The van der Waals surface area contributed by atoms with Gasteiger partial charge in [-0.25, -0.2) is 14.8 Å². The van der Waals surface area contributed by atoms with Crippen LogP contribution in [0.1, 0.15) is 12.5 Å². The van der Waals surface area contributed by atoms with E-state index in [2.05, 4.69) is 25.7 Å².